The van der Waals surface area contributed by atoms with Crippen molar-refractivity contribution in [2.75, 3.05) is 0 Å². The van der Waals surface area contributed by atoms with Crippen molar-refractivity contribution in [1.29, 1.82) is 0 Å². The zero-order chi connectivity index (χ0) is 10.1. The smallest absolute Gasteiger partial charge is 0.109 e. The number of hydrogen-bond acceptors (Lipinski definition) is 1. The maximum Gasteiger partial charge on any atom is 0.109 e. The number of epoxide rings is 1. The second-order valence-electron chi connectivity index (χ2n) is 4.14. The van der Waals surface area contributed by atoms with Crippen molar-refractivity contribution in [3.8, 4) is 0 Å². The van der Waals surface area contributed by atoms with Gasteiger partial charge in [0.1, 0.15) is 6.10 Å². The van der Waals surface area contributed by atoms with Crippen LogP contribution >= 0.6 is 11.6 Å². The van der Waals surface area contributed by atoms with Gasteiger partial charge in [0, 0.05) is 5.88 Å². The second-order valence-corrected chi connectivity index (χ2v) is 4.41. The van der Waals surface area contributed by atoms with Crippen LogP contribution in [0.15, 0.2) is 24.3 Å². The van der Waals surface area contributed by atoms with Crippen molar-refractivity contribution >= 4 is 11.6 Å². The van der Waals surface area contributed by atoms with Crippen molar-refractivity contribution in [2.45, 2.75) is 31.9 Å². The van der Waals surface area contributed by atoms with E-state index in [2.05, 4.69) is 38.1 Å². The third-order valence-corrected chi connectivity index (χ3v) is 2.95. The molecule has 1 aliphatic heterocycles. The summed E-state index contributed by atoms with van der Waals surface area (Å²) in [5, 5.41) is 0. The average Bonchev–Trinajstić information content (AvgIpc) is 2.97. The van der Waals surface area contributed by atoms with E-state index in [1.165, 1.54) is 5.56 Å². The highest BCUT2D eigenvalue weighted by atomic mass is 35.5. The fourth-order valence-electron chi connectivity index (χ4n) is 1.70. The molecular formula is C12H15ClO. The van der Waals surface area contributed by atoms with Crippen LogP contribution in [0.4, 0.5) is 0 Å². The van der Waals surface area contributed by atoms with Gasteiger partial charge in [-0.2, -0.15) is 0 Å². The number of alkyl halides is 1. The van der Waals surface area contributed by atoms with E-state index >= 15 is 0 Å². The normalized spacial score (nSPS) is 25.4. The predicted octanol–water partition coefficient (Wildman–Crippen LogP) is 3.52. The molecule has 0 aromatic heterocycles. The van der Waals surface area contributed by atoms with Gasteiger partial charge in [0.25, 0.3) is 0 Å². The lowest BCUT2D eigenvalue weighted by atomic mass is 10.0. The molecule has 0 saturated carbocycles. The SMILES string of the molecule is CC(C)[C@H]1O[C@@H]1c1ccc(CCl)cc1. The minimum absolute atomic E-state index is 0.319. The molecule has 0 radical (unpaired) electrons. The standard InChI is InChI=1S/C12H15ClO/c1-8(2)11-12(14-11)10-5-3-9(7-13)4-6-10/h3-6,8,11-12H,7H2,1-2H3/t11-,12-/m1/s1. The van der Waals surface area contributed by atoms with E-state index in [1.807, 2.05) is 0 Å². The van der Waals surface area contributed by atoms with Gasteiger partial charge in [0.2, 0.25) is 0 Å². The largest absolute Gasteiger partial charge is 0.364 e. The highest BCUT2D eigenvalue weighted by Gasteiger charge is 2.41. The summed E-state index contributed by atoms with van der Waals surface area (Å²) in [6.45, 7) is 4.38. The number of hydrogen-bond donors (Lipinski definition) is 0. The molecule has 2 heteroatoms. The van der Waals surface area contributed by atoms with Crippen molar-refractivity contribution in [1.82, 2.24) is 0 Å². The molecule has 1 saturated heterocycles. The Hall–Kier alpha value is -0.530. The Morgan fingerprint density at radius 2 is 1.93 bits per heavy atom. The van der Waals surface area contributed by atoms with E-state index in [0.717, 1.165) is 5.56 Å². The Bertz CT molecular complexity index is 305. The first kappa shape index (κ1) is 10.0. The topological polar surface area (TPSA) is 12.5 Å². The maximum absolute atomic E-state index is 5.72. The van der Waals surface area contributed by atoms with E-state index in [1.54, 1.807) is 0 Å². The third-order valence-electron chi connectivity index (χ3n) is 2.65. The minimum atomic E-state index is 0.319. The van der Waals surface area contributed by atoms with Gasteiger partial charge in [0.15, 0.2) is 0 Å². The molecule has 0 bridgehead atoms. The van der Waals surface area contributed by atoms with Crippen molar-refractivity contribution in [3.63, 3.8) is 0 Å². The van der Waals surface area contributed by atoms with Gasteiger partial charge in [-0.3, -0.25) is 0 Å². The molecule has 14 heavy (non-hydrogen) atoms. The van der Waals surface area contributed by atoms with Gasteiger partial charge >= 0.3 is 0 Å². The van der Waals surface area contributed by atoms with E-state index in [-0.39, 0.29) is 0 Å². The minimum Gasteiger partial charge on any atom is -0.364 e. The average molecular weight is 211 g/mol. The summed E-state index contributed by atoms with van der Waals surface area (Å²) in [4.78, 5) is 0. The number of halogens is 1. The Morgan fingerprint density at radius 1 is 1.29 bits per heavy atom. The van der Waals surface area contributed by atoms with Crippen LogP contribution in [0, 0.1) is 5.92 Å². The van der Waals surface area contributed by atoms with Crippen LogP contribution in [0.1, 0.15) is 31.1 Å². The van der Waals surface area contributed by atoms with Crippen LogP contribution in [0.3, 0.4) is 0 Å². The Labute approximate surface area is 90.0 Å². The summed E-state index contributed by atoms with van der Waals surface area (Å²) >= 11 is 5.72. The molecule has 2 rings (SSSR count). The van der Waals surface area contributed by atoms with Gasteiger partial charge in [-0.25, -0.2) is 0 Å². The lowest BCUT2D eigenvalue weighted by Gasteiger charge is -2.00. The first-order valence-corrected chi connectivity index (χ1v) is 5.56. The van der Waals surface area contributed by atoms with Gasteiger partial charge in [0.05, 0.1) is 6.10 Å². The molecule has 1 aliphatic rings. The Morgan fingerprint density at radius 3 is 2.36 bits per heavy atom. The van der Waals surface area contributed by atoms with E-state index < -0.39 is 0 Å². The monoisotopic (exact) mass is 210 g/mol. The van der Waals surface area contributed by atoms with Crippen molar-refractivity contribution < 1.29 is 4.74 Å². The summed E-state index contributed by atoms with van der Waals surface area (Å²) < 4.78 is 5.60. The van der Waals surface area contributed by atoms with E-state index in [0.29, 0.717) is 24.0 Å². The summed E-state index contributed by atoms with van der Waals surface area (Å²) in [7, 11) is 0. The second kappa shape index (κ2) is 3.92. The van der Waals surface area contributed by atoms with Crippen LogP contribution in [0.25, 0.3) is 0 Å². The van der Waals surface area contributed by atoms with Gasteiger partial charge in [-0.15, -0.1) is 11.6 Å². The van der Waals surface area contributed by atoms with E-state index in [9.17, 15) is 0 Å². The molecule has 0 unspecified atom stereocenters. The molecular weight excluding hydrogens is 196 g/mol. The molecule has 1 aromatic carbocycles. The molecule has 76 valence electrons. The lowest BCUT2D eigenvalue weighted by Crippen LogP contribution is -1.98. The molecule has 1 aromatic rings. The van der Waals surface area contributed by atoms with Crippen molar-refractivity contribution in [3.05, 3.63) is 35.4 Å². The quantitative estimate of drug-likeness (QED) is 0.550. The van der Waals surface area contributed by atoms with E-state index in [4.69, 9.17) is 16.3 Å². The fraction of sp³-hybridized carbons (Fsp3) is 0.500. The Balaban J connectivity index is 2.05. The van der Waals surface area contributed by atoms with Crippen LogP contribution in [0.5, 0.6) is 0 Å². The molecule has 1 nitrogen and oxygen atoms in total. The molecule has 0 aliphatic carbocycles. The van der Waals surface area contributed by atoms with Crippen LogP contribution in [-0.2, 0) is 10.6 Å². The van der Waals surface area contributed by atoms with Crippen LogP contribution in [0.2, 0.25) is 0 Å². The number of rotatable bonds is 3. The number of benzene rings is 1. The summed E-state index contributed by atoms with van der Waals surface area (Å²) in [6.07, 6.45) is 0.733. The van der Waals surface area contributed by atoms with Gasteiger partial charge < -0.3 is 4.74 Å². The molecule has 2 atom stereocenters. The zero-order valence-electron chi connectivity index (χ0n) is 8.53. The predicted molar refractivity (Wildman–Crippen MR) is 58.5 cm³/mol. The molecule has 0 amide bonds. The summed E-state index contributed by atoms with van der Waals surface area (Å²) in [5.41, 5.74) is 2.44. The number of ether oxygens (including phenoxy) is 1. The molecule has 0 spiro atoms. The highest BCUT2D eigenvalue weighted by Crippen LogP contribution is 2.42. The van der Waals surface area contributed by atoms with Crippen LogP contribution in [-0.4, -0.2) is 6.10 Å². The first-order chi connectivity index (χ1) is 6.72. The molecule has 1 heterocycles. The van der Waals surface area contributed by atoms with Crippen LogP contribution < -0.4 is 0 Å². The lowest BCUT2D eigenvalue weighted by molar-refractivity contribution is 0.336. The summed E-state index contributed by atoms with van der Waals surface area (Å²) in [6, 6.07) is 8.37. The van der Waals surface area contributed by atoms with Gasteiger partial charge in [-0.05, 0) is 17.0 Å². The molecule has 1 fully saturated rings. The first-order valence-electron chi connectivity index (χ1n) is 5.02. The summed E-state index contributed by atoms with van der Waals surface area (Å²) in [5.74, 6) is 1.19. The highest BCUT2D eigenvalue weighted by molar-refractivity contribution is 6.17. The third kappa shape index (κ3) is 1.94. The zero-order valence-corrected chi connectivity index (χ0v) is 9.29. The Kier molecular flexibility index (Phi) is 2.80. The molecule has 0 N–H and O–H groups in total. The van der Waals surface area contributed by atoms with Gasteiger partial charge in [-0.1, -0.05) is 38.1 Å². The van der Waals surface area contributed by atoms with Crippen molar-refractivity contribution in [2.24, 2.45) is 5.92 Å². The fourth-order valence-corrected chi connectivity index (χ4v) is 1.87. The maximum atomic E-state index is 5.72.